The zero-order valence-corrected chi connectivity index (χ0v) is 25.4. The van der Waals surface area contributed by atoms with E-state index in [1.165, 1.54) is 26.0 Å². The molecule has 10 nitrogen and oxygen atoms in total. The van der Waals surface area contributed by atoms with Gasteiger partial charge in [0.25, 0.3) is 0 Å². The van der Waals surface area contributed by atoms with Crippen LogP contribution in [0.5, 0.6) is 0 Å². The van der Waals surface area contributed by atoms with Crippen molar-refractivity contribution in [2.75, 3.05) is 24.5 Å². The lowest BCUT2D eigenvalue weighted by atomic mass is 10.2. The molecule has 40 heavy (non-hydrogen) atoms. The Morgan fingerprint density at radius 3 is 2.15 bits per heavy atom. The van der Waals surface area contributed by atoms with Gasteiger partial charge in [0.1, 0.15) is 18.0 Å². The highest BCUT2D eigenvalue weighted by Crippen LogP contribution is 2.28. The fraction of sp³-hybridized carbons (Fsp3) is 0.429. The topological polar surface area (TPSA) is 114 Å². The van der Waals surface area contributed by atoms with E-state index < -0.39 is 48.3 Å². The molecule has 3 amide bonds. The predicted octanol–water partition coefficient (Wildman–Crippen LogP) is 6.15. The van der Waals surface area contributed by atoms with E-state index in [1.807, 2.05) is 38.1 Å². The van der Waals surface area contributed by atoms with Crippen molar-refractivity contribution in [1.29, 1.82) is 0 Å². The third-order valence-corrected chi connectivity index (χ3v) is 5.24. The largest absolute Gasteiger partial charge is 0.444 e. The number of carbonyl (C=O) groups is 4. The zero-order chi connectivity index (χ0) is 30.5. The Hall–Kier alpha value is -3.67. The number of esters is 1. The normalized spacial score (nSPS) is 11.2. The molecule has 12 heteroatoms. The summed E-state index contributed by atoms with van der Waals surface area (Å²) in [6.07, 6.45) is -3.17. The number of hydrogen-bond acceptors (Lipinski definition) is 8. The molecule has 2 aromatic rings. The average molecular weight is 627 g/mol. The van der Waals surface area contributed by atoms with Crippen molar-refractivity contribution < 1.29 is 37.8 Å². The van der Waals surface area contributed by atoms with Crippen LogP contribution in [0.4, 0.5) is 25.4 Å². The van der Waals surface area contributed by atoms with Crippen molar-refractivity contribution in [3.63, 3.8) is 0 Å². The molecule has 1 unspecified atom stereocenters. The second kappa shape index (κ2) is 16.4. The molecule has 1 atom stereocenters. The first-order chi connectivity index (χ1) is 18.7. The number of ether oxygens (including phenoxy) is 3. The minimum atomic E-state index is -1.34. The number of hydrogen-bond donors (Lipinski definition) is 1. The molecule has 0 fully saturated rings. The van der Waals surface area contributed by atoms with Gasteiger partial charge in [0.2, 0.25) is 12.2 Å². The van der Waals surface area contributed by atoms with E-state index in [0.29, 0.717) is 5.69 Å². The lowest BCUT2D eigenvalue weighted by Gasteiger charge is -2.28. The van der Waals surface area contributed by atoms with Gasteiger partial charge in [-0.1, -0.05) is 35.8 Å². The van der Waals surface area contributed by atoms with Gasteiger partial charge in [-0.05, 0) is 63.2 Å². The SMILES string of the molecule is CC.CC(=O)N(CCN(c1ccc(F)cc1)c1cccc(Br)c1)C(=O)OC(C)OC(=O)CNC(=O)OC(C)(C)C. The molecule has 220 valence electrons. The van der Waals surface area contributed by atoms with Crippen LogP contribution in [0.15, 0.2) is 53.0 Å². The minimum absolute atomic E-state index is 0.0844. The molecular weight excluding hydrogens is 589 g/mol. The molecule has 0 saturated heterocycles. The number of imide groups is 1. The monoisotopic (exact) mass is 625 g/mol. The quantitative estimate of drug-likeness (QED) is 0.261. The van der Waals surface area contributed by atoms with Gasteiger partial charge < -0.3 is 24.4 Å². The highest BCUT2D eigenvalue weighted by atomic mass is 79.9. The van der Waals surface area contributed by atoms with Crippen molar-refractivity contribution in [1.82, 2.24) is 10.2 Å². The second-order valence-corrected chi connectivity index (χ2v) is 9.99. The van der Waals surface area contributed by atoms with Gasteiger partial charge in [-0.3, -0.25) is 9.59 Å². The molecular formula is C28H37BrFN3O7. The van der Waals surface area contributed by atoms with Crippen LogP contribution in [0.3, 0.4) is 0 Å². The average Bonchev–Trinajstić information content (AvgIpc) is 2.86. The Labute approximate surface area is 242 Å². The van der Waals surface area contributed by atoms with Gasteiger partial charge in [0.05, 0.1) is 0 Å². The summed E-state index contributed by atoms with van der Waals surface area (Å²) in [6.45, 7) is 11.1. The van der Waals surface area contributed by atoms with Gasteiger partial charge in [0, 0.05) is 42.8 Å². The van der Waals surface area contributed by atoms with Crippen molar-refractivity contribution in [2.24, 2.45) is 0 Å². The summed E-state index contributed by atoms with van der Waals surface area (Å²) in [4.78, 5) is 51.3. The second-order valence-electron chi connectivity index (χ2n) is 9.08. The van der Waals surface area contributed by atoms with Gasteiger partial charge in [0.15, 0.2) is 0 Å². The highest BCUT2D eigenvalue weighted by Gasteiger charge is 2.25. The maximum absolute atomic E-state index is 13.5. The van der Waals surface area contributed by atoms with E-state index in [2.05, 4.69) is 21.2 Å². The van der Waals surface area contributed by atoms with Crippen LogP contribution in [0, 0.1) is 5.82 Å². The molecule has 2 rings (SSSR count). The molecule has 0 aliphatic carbocycles. The highest BCUT2D eigenvalue weighted by molar-refractivity contribution is 9.10. The summed E-state index contributed by atoms with van der Waals surface area (Å²) in [6, 6.07) is 13.1. The van der Waals surface area contributed by atoms with E-state index in [0.717, 1.165) is 15.1 Å². The van der Waals surface area contributed by atoms with Gasteiger partial charge in [-0.15, -0.1) is 0 Å². The first-order valence-corrected chi connectivity index (χ1v) is 13.5. The fourth-order valence-electron chi connectivity index (χ4n) is 3.16. The third kappa shape index (κ3) is 12.5. The molecule has 0 saturated carbocycles. The molecule has 2 aromatic carbocycles. The fourth-order valence-corrected chi connectivity index (χ4v) is 3.55. The van der Waals surface area contributed by atoms with Gasteiger partial charge in [-0.2, -0.15) is 0 Å². The van der Waals surface area contributed by atoms with Gasteiger partial charge in [-0.25, -0.2) is 18.9 Å². The van der Waals surface area contributed by atoms with Crippen LogP contribution in [0.1, 0.15) is 48.5 Å². The number of anilines is 2. The number of nitrogens with one attached hydrogen (secondary N) is 1. The van der Waals surface area contributed by atoms with Crippen LogP contribution in [0.2, 0.25) is 0 Å². The number of amides is 3. The van der Waals surface area contributed by atoms with E-state index in [-0.39, 0.29) is 13.1 Å². The first kappa shape index (κ1) is 34.4. The van der Waals surface area contributed by atoms with Crippen molar-refractivity contribution >= 4 is 51.4 Å². The van der Waals surface area contributed by atoms with Crippen molar-refractivity contribution in [3.05, 3.63) is 58.8 Å². The summed E-state index contributed by atoms with van der Waals surface area (Å²) < 4.78 is 29.4. The number of carbonyl (C=O) groups excluding carboxylic acids is 4. The Bertz CT molecular complexity index is 1140. The van der Waals surface area contributed by atoms with E-state index in [1.54, 1.807) is 37.8 Å². The van der Waals surface area contributed by atoms with E-state index >= 15 is 0 Å². The zero-order valence-electron chi connectivity index (χ0n) is 23.8. The number of halogens is 2. The smallest absolute Gasteiger partial charge is 0.419 e. The Morgan fingerprint density at radius 2 is 1.60 bits per heavy atom. The first-order valence-electron chi connectivity index (χ1n) is 12.7. The van der Waals surface area contributed by atoms with Crippen LogP contribution in [-0.4, -0.2) is 60.5 Å². The maximum Gasteiger partial charge on any atom is 0.419 e. The Kier molecular flexibility index (Phi) is 14.1. The maximum atomic E-state index is 13.5. The number of alkyl carbamates (subject to hydrolysis) is 1. The minimum Gasteiger partial charge on any atom is -0.444 e. The summed E-state index contributed by atoms with van der Waals surface area (Å²) in [5.74, 6) is -1.86. The summed E-state index contributed by atoms with van der Waals surface area (Å²) in [5.41, 5.74) is 0.639. The predicted molar refractivity (Wildman–Crippen MR) is 153 cm³/mol. The molecule has 0 spiro atoms. The molecule has 0 heterocycles. The number of benzene rings is 2. The number of rotatable bonds is 9. The number of nitrogens with zero attached hydrogens (tertiary/aromatic N) is 2. The Morgan fingerprint density at radius 1 is 0.975 bits per heavy atom. The van der Waals surface area contributed by atoms with E-state index in [9.17, 15) is 23.6 Å². The summed E-state index contributed by atoms with van der Waals surface area (Å²) in [7, 11) is 0. The molecule has 0 aliphatic heterocycles. The summed E-state index contributed by atoms with van der Waals surface area (Å²) >= 11 is 3.42. The standard InChI is InChI=1S/C26H31BrFN3O7.C2H6/c1-17(32)30(25(35)37-18(2)36-23(33)16-29-24(34)38-26(3,4)5)13-14-31(21-11-9-20(28)10-12-21)22-8-6-7-19(27)15-22;1-2/h6-12,15,18H,13-14,16H2,1-5H3,(H,29,34);1-2H3. The van der Waals surface area contributed by atoms with Crippen molar-refractivity contribution in [3.8, 4) is 0 Å². The molecule has 0 bridgehead atoms. The molecule has 1 N–H and O–H groups in total. The summed E-state index contributed by atoms with van der Waals surface area (Å²) in [5, 5.41) is 2.24. The van der Waals surface area contributed by atoms with Crippen LogP contribution >= 0.6 is 15.9 Å². The molecule has 0 radical (unpaired) electrons. The van der Waals surface area contributed by atoms with Crippen molar-refractivity contribution in [2.45, 2.75) is 60.4 Å². The van der Waals surface area contributed by atoms with Crippen LogP contribution in [-0.2, 0) is 23.8 Å². The molecule has 0 aliphatic rings. The van der Waals surface area contributed by atoms with E-state index in [4.69, 9.17) is 14.2 Å². The molecule has 0 aromatic heterocycles. The Balaban J connectivity index is 0.00000391. The lowest BCUT2D eigenvalue weighted by molar-refractivity contribution is -0.165. The van der Waals surface area contributed by atoms with Crippen LogP contribution < -0.4 is 10.2 Å². The van der Waals surface area contributed by atoms with Gasteiger partial charge >= 0.3 is 18.2 Å². The third-order valence-electron chi connectivity index (χ3n) is 4.75. The van der Waals surface area contributed by atoms with Crippen LogP contribution in [0.25, 0.3) is 0 Å². The lowest BCUT2D eigenvalue weighted by Crippen LogP contribution is -2.42.